The van der Waals surface area contributed by atoms with Crippen LogP contribution in [0.3, 0.4) is 0 Å². The average molecular weight is 357 g/mol. The van der Waals surface area contributed by atoms with Crippen LogP contribution >= 0.6 is 11.6 Å². The first-order valence-corrected chi connectivity index (χ1v) is 8.98. The van der Waals surface area contributed by atoms with E-state index in [0.717, 1.165) is 60.0 Å². The fourth-order valence-electron chi connectivity index (χ4n) is 3.37. The number of ether oxygens (including phenoxy) is 1. The molecule has 0 saturated carbocycles. The second kappa shape index (κ2) is 6.65. The molecule has 3 heterocycles. The largest absolute Gasteiger partial charge is 0.376 e. The van der Waals surface area contributed by atoms with Crippen LogP contribution in [-0.2, 0) is 4.74 Å². The highest BCUT2D eigenvalue weighted by atomic mass is 35.5. The van der Waals surface area contributed by atoms with Crippen molar-refractivity contribution in [2.45, 2.75) is 32.8 Å². The molecule has 0 aliphatic carbocycles. The number of benzene rings is 1. The van der Waals surface area contributed by atoms with Crippen LogP contribution in [0.2, 0.25) is 5.02 Å². The second-order valence-corrected chi connectivity index (χ2v) is 6.88. The Bertz CT molecular complexity index is 915. The minimum atomic E-state index is 0.267. The molecule has 6 heteroatoms. The molecule has 4 rings (SSSR count). The lowest BCUT2D eigenvalue weighted by atomic mass is 10.1. The second-order valence-electron chi connectivity index (χ2n) is 6.47. The minimum Gasteiger partial charge on any atom is -0.376 e. The van der Waals surface area contributed by atoms with Crippen molar-refractivity contribution in [2.75, 3.05) is 18.5 Å². The highest BCUT2D eigenvalue weighted by Crippen LogP contribution is 2.33. The first kappa shape index (κ1) is 16.4. The van der Waals surface area contributed by atoms with Gasteiger partial charge in [0.15, 0.2) is 5.65 Å². The Hall–Kier alpha value is -2.11. The SMILES string of the molecule is Cc1cc(NC[C@H]2CCCO2)n2nc(C)c(-c3ccccc3Cl)c2n1. The van der Waals surface area contributed by atoms with Gasteiger partial charge in [0.05, 0.1) is 17.4 Å². The minimum absolute atomic E-state index is 0.267. The molecule has 1 fully saturated rings. The Kier molecular flexibility index (Phi) is 4.36. The number of hydrogen-bond acceptors (Lipinski definition) is 4. The van der Waals surface area contributed by atoms with Gasteiger partial charge in [0.2, 0.25) is 0 Å². The molecule has 0 spiro atoms. The van der Waals surface area contributed by atoms with Crippen molar-refractivity contribution in [1.82, 2.24) is 14.6 Å². The molecule has 0 radical (unpaired) electrons. The molecule has 1 aromatic carbocycles. The monoisotopic (exact) mass is 356 g/mol. The number of hydrogen-bond donors (Lipinski definition) is 1. The summed E-state index contributed by atoms with van der Waals surface area (Å²) in [5.41, 5.74) is 4.61. The molecule has 1 aliphatic rings. The van der Waals surface area contributed by atoms with Gasteiger partial charge in [0, 0.05) is 35.5 Å². The van der Waals surface area contributed by atoms with Crippen molar-refractivity contribution < 1.29 is 4.74 Å². The Morgan fingerprint density at radius 2 is 2.16 bits per heavy atom. The van der Waals surface area contributed by atoms with Gasteiger partial charge in [0.25, 0.3) is 0 Å². The van der Waals surface area contributed by atoms with E-state index < -0.39 is 0 Å². The summed E-state index contributed by atoms with van der Waals surface area (Å²) >= 11 is 6.42. The summed E-state index contributed by atoms with van der Waals surface area (Å²) in [6.07, 6.45) is 2.50. The van der Waals surface area contributed by atoms with Gasteiger partial charge in [-0.2, -0.15) is 9.61 Å². The van der Waals surface area contributed by atoms with Crippen molar-refractivity contribution >= 4 is 23.1 Å². The van der Waals surface area contributed by atoms with Crippen LogP contribution in [0, 0.1) is 13.8 Å². The molecule has 0 bridgehead atoms. The van der Waals surface area contributed by atoms with Gasteiger partial charge in [-0.1, -0.05) is 29.8 Å². The highest BCUT2D eigenvalue weighted by Gasteiger charge is 2.19. The van der Waals surface area contributed by atoms with E-state index in [0.29, 0.717) is 5.02 Å². The maximum absolute atomic E-state index is 6.42. The fraction of sp³-hybridized carbons (Fsp3) is 0.368. The van der Waals surface area contributed by atoms with Crippen molar-refractivity contribution in [2.24, 2.45) is 0 Å². The highest BCUT2D eigenvalue weighted by molar-refractivity contribution is 6.33. The third-order valence-electron chi connectivity index (χ3n) is 4.57. The molecule has 0 amide bonds. The number of fused-ring (bicyclic) bond motifs is 1. The van der Waals surface area contributed by atoms with Crippen LogP contribution in [0.1, 0.15) is 24.2 Å². The Balaban J connectivity index is 1.78. The van der Waals surface area contributed by atoms with E-state index >= 15 is 0 Å². The maximum atomic E-state index is 6.42. The van der Waals surface area contributed by atoms with E-state index in [-0.39, 0.29) is 6.10 Å². The van der Waals surface area contributed by atoms with E-state index in [1.165, 1.54) is 0 Å². The summed E-state index contributed by atoms with van der Waals surface area (Å²) in [6.45, 7) is 5.62. The molecule has 2 aromatic heterocycles. The number of nitrogens with one attached hydrogen (secondary N) is 1. The smallest absolute Gasteiger partial charge is 0.165 e. The molecule has 1 saturated heterocycles. The summed E-state index contributed by atoms with van der Waals surface area (Å²) in [5.74, 6) is 0.930. The molecule has 1 aliphatic heterocycles. The zero-order valence-electron chi connectivity index (χ0n) is 14.4. The van der Waals surface area contributed by atoms with Gasteiger partial charge in [-0.15, -0.1) is 0 Å². The van der Waals surface area contributed by atoms with Gasteiger partial charge in [-0.3, -0.25) is 0 Å². The van der Waals surface area contributed by atoms with Gasteiger partial charge < -0.3 is 10.1 Å². The van der Waals surface area contributed by atoms with Gasteiger partial charge >= 0.3 is 0 Å². The zero-order valence-corrected chi connectivity index (χ0v) is 15.2. The fourth-order valence-corrected chi connectivity index (χ4v) is 3.60. The predicted molar refractivity (Wildman–Crippen MR) is 100 cm³/mol. The predicted octanol–water partition coefficient (Wildman–Crippen LogP) is 4.26. The lowest BCUT2D eigenvalue weighted by Gasteiger charge is -2.13. The van der Waals surface area contributed by atoms with E-state index in [2.05, 4.69) is 5.32 Å². The van der Waals surface area contributed by atoms with Crippen LogP contribution in [0.5, 0.6) is 0 Å². The van der Waals surface area contributed by atoms with Crippen molar-refractivity contribution in [1.29, 1.82) is 0 Å². The Morgan fingerprint density at radius 1 is 1.32 bits per heavy atom. The number of halogens is 1. The standard InChI is InChI=1S/C19H21ClN4O/c1-12-10-17(21-11-14-6-5-9-25-14)24-19(22-12)18(13(2)23-24)15-7-3-4-8-16(15)20/h3-4,7-8,10,14,21H,5-6,9,11H2,1-2H3/t14-/m1/s1. The van der Waals surface area contributed by atoms with Crippen LogP contribution in [-0.4, -0.2) is 33.9 Å². The van der Waals surface area contributed by atoms with Crippen LogP contribution < -0.4 is 5.32 Å². The molecule has 1 N–H and O–H groups in total. The van der Waals surface area contributed by atoms with Crippen LogP contribution in [0.25, 0.3) is 16.8 Å². The van der Waals surface area contributed by atoms with E-state index in [1.54, 1.807) is 0 Å². The number of aromatic nitrogens is 3. The summed E-state index contributed by atoms with van der Waals surface area (Å²) in [6, 6.07) is 9.84. The lowest BCUT2D eigenvalue weighted by Crippen LogP contribution is -2.20. The van der Waals surface area contributed by atoms with Crippen LogP contribution in [0.15, 0.2) is 30.3 Å². The number of rotatable bonds is 4. The summed E-state index contributed by atoms with van der Waals surface area (Å²) in [4.78, 5) is 4.72. The van der Waals surface area contributed by atoms with Crippen molar-refractivity contribution in [3.8, 4) is 11.1 Å². The summed E-state index contributed by atoms with van der Waals surface area (Å²) in [5, 5.41) is 8.89. The van der Waals surface area contributed by atoms with Crippen LogP contribution in [0.4, 0.5) is 5.82 Å². The third-order valence-corrected chi connectivity index (χ3v) is 4.90. The van der Waals surface area contributed by atoms with E-state index in [9.17, 15) is 0 Å². The first-order chi connectivity index (χ1) is 12.1. The number of anilines is 1. The molecule has 130 valence electrons. The Labute approximate surface area is 152 Å². The normalized spacial score (nSPS) is 17.3. The molecule has 5 nitrogen and oxygen atoms in total. The van der Waals surface area contributed by atoms with Gasteiger partial charge in [-0.05, 0) is 32.8 Å². The lowest BCUT2D eigenvalue weighted by molar-refractivity contribution is 0.120. The van der Waals surface area contributed by atoms with E-state index in [1.807, 2.05) is 48.7 Å². The first-order valence-electron chi connectivity index (χ1n) is 8.61. The molecule has 25 heavy (non-hydrogen) atoms. The molecule has 3 aromatic rings. The molecule has 1 atom stereocenters. The van der Waals surface area contributed by atoms with Crippen molar-refractivity contribution in [3.05, 3.63) is 46.7 Å². The number of nitrogens with zero attached hydrogens (tertiary/aromatic N) is 3. The topological polar surface area (TPSA) is 51.5 Å². The zero-order chi connectivity index (χ0) is 17.4. The summed E-state index contributed by atoms with van der Waals surface area (Å²) in [7, 11) is 0. The molecular formula is C19H21ClN4O. The average Bonchev–Trinajstić information content (AvgIpc) is 3.21. The number of aryl methyl sites for hydroxylation is 2. The molecule has 0 unspecified atom stereocenters. The van der Waals surface area contributed by atoms with Gasteiger partial charge in [0.1, 0.15) is 5.82 Å². The quantitative estimate of drug-likeness (QED) is 0.759. The van der Waals surface area contributed by atoms with E-state index in [4.69, 9.17) is 26.4 Å². The third kappa shape index (κ3) is 3.10. The molecular weight excluding hydrogens is 336 g/mol. The maximum Gasteiger partial charge on any atom is 0.165 e. The van der Waals surface area contributed by atoms with Crippen molar-refractivity contribution in [3.63, 3.8) is 0 Å². The van der Waals surface area contributed by atoms with Gasteiger partial charge in [-0.25, -0.2) is 4.98 Å². The summed E-state index contributed by atoms with van der Waals surface area (Å²) < 4.78 is 7.58. The Morgan fingerprint density at radius 3 is 2.92 bits per heavy atom.